The molecule has 0 aliphatic carbocycles. The van der Waals surface area contributed by atoms with Crippen molar-refractivity contribution in [3.8, 4) is 0 Å². The molecule has 2 saturated heterocycles. The predicted molar refractivity (Wildman–Crippen MR) is 56.2 cm³/mol. The highest BCUT2D eigenvalue weighted by Gasteiger charge is 2.36. The zero-order chi connectivity index (χ0) is 9.26. The van der Waals surface area contributed by atoms with Crippen molar-refractivity contribution in [3.63, 3.8) is 0 Å². The molecule has 0 unspecified atom stereocenters. The molecule has 0 bridgehead atoms. The van der Waals surface area contributed by atoms with Gasteiger partial charge in [-0.05, 0) is 18.8 Å². The van der Waals surface area contributed by atoms with Gasteiger partial charge in [0.25, 0.3) is 0 Å². The number of fused-ring (bicyclic) bond motifs is 1. The van der Waals surface area contributed by atoms with Crippen molar-refractivity contribution < 1.29 is 9.90 Å². The second-order valence-electron chi connectivity index (χ2n) is 3.51. The lowest BCUT2D eigenvalue weighted by molar-refractivity contribution is 0.0933. The number of amides is 1. The summed E-state index contributed by atoms with van der Waals surface area (Å²) in [5, 5.41) is 8.99. The van der Waals surface area contributed by atoms with Crippen LogP contribution < -0.4 is 0 Å². The zero-order valence-electron chi connectivity index (χ0n) is 7.31. The van der Waals surface area contributed by atoms with Crippen LogP contribution in [-0.2, 0) is 0 Å². The van der Waals surface area contributed by atoms with Crippen LogP contribution in [0.25, 0.3) is 0 Å². The van der Waals surface area contributed by atoms with Crippen molar-refractivity contribution in [2.24, 2.45) is 5.92 Å². The molecular weight excluding hydrogens is 206 g/mol. The van der Waals surface area contributed by atoms with Gasteiger partial charge in [0.05, 0.1) is 0 Å². The number of carboxylic acid groups (broad SMARTS) is 1. The van der Waals surface area contributed by atoms with Gasteiger partial charge in [0, 0.05) is 24.1 Å². The number of rotatable bonds is 0. The maximum absolute atomic E-state index is 10.9. The molecule has 3 nitrogen and oxygen atoms in total. The average Bonchev–Trinajstić information content (AvgIpc) is 2.17. The molecule has 2 rings (SSSR count). The Bertz CT molecular complexity index is 210. The van der Waals surface area contributed by atoms with Crippen molar-refractivity contribution in [2.75, 3.05) is 18.1 Å². The molecule has 0 saturated carbocycles. The first-order chi connectivity index (χ1) is 6.29. The van der Waals surface area contributed by atoms with E-state index < -0.39 is 6.09 Å². The number of likely N-dealkylation sites (tertiary alicyclic amines) is 1. The van der Waals surface area contributed by atoms with E-state index in [1.165, 1.54) is 6.42 Å². The average molecular weight is 219 g/mol. The van der Waals surface area contributed by atoms with E-state index >= 15 is 0 Å². The molecular formula is C8H13NO2S2. The number of piperidine rings is 1. The molecule has 1 N–H and O–H groups in total. The Morgan fingerprint density at radius 2 is 2.15 bits per heavy atom. The van der Waals surface area contributed by atoms with Crippen LogP contribution in [0.5, 0.6) is 0 Å². The third kappa shape index (κ3) is 1.91. The summed E-state index contributed by atoms with van der Waals surface area (Å²) in [6.07, 6.45) is 1.52. The summed E-state index contributed by atoms with van der Waals surface area (Å²) in [5.41, 5.74) is 0. The minimum Gasteiger partial charge on any atom is -0.465 e. The molecule has 0 aromatic carbocycles. The highest BCUT2D eigenvalue weighted by atomic mass is 33.1. The molecule has 5 heteroatoms. The second kappa shape index (κ2) is 4.00. The van der Waals surface area contributed by atoms with Crippen LogP contribution in [0.3, 0.4) is 0 Å². The van der Waals surface area contributed by atoms with E-state index in [1.807, 2.05) is 21.6 Å². The van der Waals surface area contributed by atoms with Gasteiger partial charge in [0.15, 0.2) is 0 Å². The van der Waals surface area contributed by atoms with E-state index in [0.29, 0.717) is 5.92 Å². The number of hydrogen-bond acceptors (Lipinski definition) is 3. The molecule has 1 amide bonds. The second-order valence-corrected chi connectivity index (χ2v) is 6.07. The maximum atomic E-state index is 10.9. The lowest BCUT2D eigenvalue weighted by Crippen LogP contribution is -2.50. The molecule has 74 valence electrons. The molecule has 2 aliphatic rings. The van der Waals surface area contributed by atoms with Crippen LogP contribution >= 0.6 is 21.6 Å². The molecule has 2 aliphatic heterocycles. The highest BCUT2D eigenvalue weighted by Crippen LogP contribution is 2.39. The van der Waals surface area contributed by atoms with Gasteiger partial charge in [-0.15, -0.1) is 0 Å². The zero-order valence-corrected chi connectivity index (χ0v) is 8.94. The van der Waals surface area contributed by atoms with Crippen LogP contribution in [0.4, 0.5) is 4.79 Å². The molecule has 2 heterocycles. The maximum Gasteiger partial charge on any atom is 0.407 e. The van der Waals surface area contributed by atoms with E-state index in [4.69, 9.17) is 5.11 Å². The van der Waals surface area contributed by atoms with Crippen LogP contribution in [0, 0.1) is 5.92 Å². The summed E-state index contributed by atoms with van der Waals surface area (Å²) in [4.78, 5) is 12.6. The van der Waals surface area contributed by atoms with Gasteiger partial charge in [0.1, 0.15) is 0 Å². The Morgan fingerprint density at radius 3 is 2.92 bits per heavy atom. The third-order valence-corrected chi connectivity index (χ3v) is 5.29. The van der Waals surface area contributed by atoms with Crippen LogP contribution in [-0.4, -0.2) is 40.2 Å². The molecule has 0 spiro atoms. The highest BCUT2D eigenvalue weighted by molar-refractivity contribution is 8.76. The fraction of sp³-hybridized carbons (Fsp3) is 0.875. The van der Waals surface area contributed by atoms with Crippen molar-refractivity contribution >= 4 is 27.7 Å². The molecule has 0 aromatic rings. The van der Waals surface area contributed by atoms with Gasteiger partial charge in [0.2, 0.25) is 0 Å². The first-order valence-corrected chi connectivity index (χ1v) is 7.02. The van der Waals surface area contributed by atoms with Gasteiger partial charge in [-0.1, -0.05) is 21.6 Å². The minimum absolute atomic E-state index is 0.289. The Balaban J connectivity index is 2.06. The topological polar surface area (TPSA) is 40.5 Å². The van der Waals surface area contributed by atoms with Gasteiger partial charge in [-0.2, -0.15) is 0 Å². The van der Waals surface area contributed by atoms with E-state index in [2.05, 4.69) is 0 Å². The third-order valence-electron chi connectivity index (χ3n) is 2.77. The van der Waals surface area contributed by atoms with E-state index in [9.17, 15) is 4.79 Å². The quantitative estimate of drug-likeness (QED) is 0.634. The Hall–Kier alpha value is -0.0300. The van der Waals surface area contributed by atoms with Gasteiger partial charge in [-0.25, -0.2) is 4.79 Å². The minimum atomic E-state index is -0.734. The fourth-order valence-corrected chi connectivity index (χ4v) is 4.92. The van der Waals surface area contributed by atoms with Crippen LogP contribution in [0.2, 0.25) is 0 Å². The van der Waals surface area contributed by atoms with E-state index in [-0.39, 0.29) is 6.04 Å². The summed E-state index contributed by atoms with van der Waals surface area (Å²) in [6.45, 7) is 0.738. The van der Waals surface area contributed by atoms with Crippen molar-refractivity contribution in [3.05, 3.63) is 0 Å². The summed E-state index contributed by atoms with van der Waals surface area (Å²) >= 11 is 0. The lowest BCUT2D eigenvalue weighted by Gasteiger charge is -2.41. The SMILES string of the molecule is O=C(O)N1CCC[C@@H]2CSSC[C@H]21. The van der Waals surface area contributed by atoms with Crippen molar-refractivity contribution in [1.29, 1.82) is 0 Å². The first-order valence-electron chi connectivity index (χ1n) is 4.53. The summed E-state index contributed by atoms with van der Waals surface area (Å²) in [7, 11) is 3.70. The number of hydrogen-bond donors (Lipinski definition) is 1. The Labute approximate surface area is 85.6 Å². The number of nitrogens with zero attached hydrogens (tertiary/aromatic N) is 1. The standard InChI is InChI=1S/C8H13NO2S2/c10-8(11)9-3-1-2-6-4-12-13-5-7(6)9/h6-7H,1-5H2,(H,10,11)/t6-,7-/m1/s1. The smallest absolute Gasteiger partial charge is 0.407 e. The van der Waals surface area contributed by atoms with Crippen molar-refractivity contribution in [1.82, 2.24) is 4.90 Å². The number of carbonyl (C=O) groups is 1. The molecule has 0 aromatic heterocycles. The fourth-order valence-electron chi connectivity index (χ4n) is 2.05. The Morgan fingerprint density at radius 1 is 1.38 bits per heavy atom. The monoisotopic (exact) mass is 219 g/mol. The summed E-state index contributed by atoms with van der Waals surface area (Å²) < 4.78 is 0. The summed E-state index contributed by atoms with van der Waals surface area (Å²) in [5.74, 6) is 2.71. The molecule has 0 radical (unpaired) electrons. The van der Waals surface area contributed by atoms with Gasteiger partial charge in [-0.3, -0.25) is 0 Å². The van der Waals surface area contributed by atoms with Crippen molar-refractivity contribution in [2.45, 2.75) is 18.9 Å². The van der Waals surface area contributed by atoms with Gasteiger partial charge >= 0.3 is 6.09 Å². The molecule has 2 atom stereocenters. The molecule has 13 heavy (non-hydrogen) atoms. The van der Waals surface area contributed by atoms with Crippen LogP contribution in [0.15, 0.2) is 0 Å². The summed E-state index contributed by atoms with van der Waals surface area (Å²) in [6, 6.07) is 0.289. The van der Waals surface area contributed by atoms with E-state index in [1.54, 1.807) is 4.90 Å². The lowest BCUT2D eigenvalue weighted by atomic mass is 9.92. The van der Waals surface area contributed by atoms with E-state index in [0.717, 1.165) is 24.5 Å². The van der Waals surface area contributed by atoms with Crippen LogP contribution in [0.1, 0.15) is 12.8 Å². The first kappa shape index (κ1) is 9.52. The largest absolute Gasteiger partial charge is 0.465 e. The Kier molecular flexibility index (Phi) is 2.93. The molecule has 2 fully saturated rings. The normalized spacial score (nSPS) is 34.0. The predicted octanol–water partition coefficient (Wildman–Crippen LogP) is 2.14. The van der Waals surface area contributed by atoms with Gasteiger partial charge < -0.3 is 10.0 Å².